The first-order chi connectivity index (χ1) is 18.7. The minimum atomic E-state index is -0.958. The van der Waals surface area contributed by atoms with Crippen molar-refractivity contribution < 1.29 is 34.1 Å². The molecule has 1 saturated heterocycles. The minimum Gasteiger partial charge on any atom is -0.481 e. The van der Waals surface area contributed by atoms with Crippen LogP contribution in [0.2, 0.25) is 0 Å². The fraction of sp³-hybridized carbons (Fsp3) is 0.679. The van der Waals surface area contributed by atoms with E-state index >= 15 is 0 Å². The first-order valence-corrected chi connectivity index (χ1v) is 14.0. The van der Waals surface area contributed by atoms with Crippen LogP contribution < -0.4 is 15.2 Å². The van der Waals surface area contributed by atoms with Crippen LogP contribution in [0.15, 0.2) is 12.1 Å². The number of fused-ring (bicyclic) bond motifs is 1. The molecular formula is C28H44N4O7. The Morgan fingerprint density at radius 2 is 1.85 bits per heavy atom. The maximum atomic E-state index is 13.5. The van der Waals surface area contributed by atoms with Gasteiger partial charge in [-0.2, -0.15) is 0 Å². The summed E-state index contributed by atoms with van der Waals surface area (Å²) in [6.45, 7) is 8.27. The van der Waals surface area contributed by atoms with Crippen molar-refractivity contribution >= 4 is 17.8 Å². The van der Waals surface area contributed by atoms with Crippen LogP contribution in [0.1, 0.15) is 63.5 Å². The summed E-state index contributed by atoms with van der Waals surface area (Å²) in [5.74, 6) is -1.39. The molecule has 1 aromatic carbocycles. The molecule has 2 amide bonds. The highest BCUT2D eigenvalue weighted by Gasteiger charge is 2.47. The monoisotopic (exact) mass is 548 g/mol. The Hall–Kier alpha value is -2.89. The lowest BCUT2D eigenvalue weighted by Crippen LogP contribution is -2.46. The fourth-order valence-electron chi connectivity index (χ4n) is 5.72. The van der Waals surface area contributed by atoms with Gasteiger partial charge in [-0.15, -0.1) is 0 Å². The highest BCUT2D eigenvalue weighted by atomic mass is 16.7. The van der Waals surface area contributed by atoms with E-state index in [9.17, 15) is 24.6 Å². The number of carboxylic acid groups (broad SMARTS) is 1. The van der Waals surface area contributed by atoms with Gasteiger partial charge >= 0.3 is 5.97 Å². The van der Waals surface area contributed by atoms with Crippen molar-refractivity contribution in [2.45, 2.75) is 65.0 Å². The Morgan fingerprint density at radius 3 is 2.46 bits per heavy atom. The number of nitrogens with two attached hydrogens (primary N) is 1. The van der Waals surface area contributed by atoms with Crippen LogP contribution in [0, 0.1) is 5.92 Å². The van der Waals surface area contributed by atoms with Gasteiger partial charge in [0.05, 0.1) is 19.1 Å². The Bertz CT molecular complexity index is 996. The summed E-state index contributed by atoms with van der Waals surface area (Å²) in [5, 5.41) is 20.4. The van der Waals surface area contributed by atoms with Gasteiger partial charge in [-0.05, 0) is 50.4 Å². The second kappa shape index (κ2) is 14.5. The Labute approximate surface area is 230 Å². The maximum Gasteiger partial charge on any atom is 0.308 e. The number of carbonyl (C=O) groups excluding carboxylic acids is 2. The smallest absolute Gasteiger partial charge is 0.308 e. The zero-order valence-corrected chi connectivity index (χ0v) is 23.4. The van der Waals surface area contributed by atoms with Gasteiger partial charge in [-0.1, -0.05) is 13.3 Å². The summed E-state index contributed by atoms with van der Waals surface area (Å²) in [6.07, 6.45) is 2.95. The molecule has 1 aromatic rings. The van der Waals surface area contributed by atoms with Crippen LogP contribution in [0.25, 0.3) is 0 Å². The lowest BCUT2D eigenvalue weighted by atomic mass is 9.83. The zero-order valence-electron chi connectivity index (χ0n) is 23.4. The molecule has 2 aliphatic rings. The SMILES string of the molecule is CCCCN(CCCN)C(=O)CN1C[C@H](c2cc(CO)c3c(c2)OCO3)[C@@H](C(=O)O)[C@@H]1CCN(CC)C(C)=O. The van der Waals surface area contributed by atoms with E-state index in [-0.39, 0.29) is 31.8 Å². The van der Waals surface area contributed by atoms with Crippen molar-refractivity contribution in [3.05, 3.63) is 23.3 Å². The van der Waals surface area contributed by atoms with E-state index < -0.39 is 23.8 Å². The molecule has 2 heterocycles. The molecule has 11 heteroatoms. The summed E-state index contributed by atoms with van der Waals surface area (Å²) in [6, 6.07) is 3.10. The largest absolute Gasteiger partial charge is 0.481 e. The van der Waals surface area contributed by atoms with Crippen molar-refractivity contribution in [3.8, 4) is 11.5 Å². The molecule has 3 rings (SSSR count). The number of unbranched alkanes of at least 4 members (excludes halogenated alkanes) is 1. The molecule has 39 heavy (non-hydrogen) atoms. The molecule has 4 N–H and O–H groups in total. The minimum absolute atomic E-state index is 0.0381. The molecule has 1 fully saturated rings. The quantitative estimate of drug-likeness (QED) is 0.298. The second-order valence-corrected chi connectivity index (χ2v) is 10.3. The van der Waals surface area contributed by atoms with E-state index in [2.05, 4.69) is 6.92 Å². The third-order valence-electron chi connectivity index (χ3n) is 7.83. The van der Waals surface area contributed by atoms with Crippen LogP contribution in [0.5, 0.6) is 11.5 Å². The number of benzene rings is 1. The number of nitrogens with zero attached hydrogens (tertiary/aromatic N) is 3. The molecule has 11 nitrogen and oxygen atoms in total. The summed E-state index contributed by atoms with van der Waals surface area (Å²) in [7, 11) is 0. The lowest BCUT2D eigenvalue weighted by Gasteiger charge is -2.31. The molecule has 0 aliphatic carbocycles. The zero-order chi connectivity index (χ0) is 28.5. The molecule has 218 valence electrons. The van der Waals surface area contributed by atoms with Crippen LogP contribution >= 0.6 is 0 Å². The molecule has 2 aliphatic heterocycles. The van der Waals surface area contributed by atoms with Crippen molar-refractivity contribution in [2.24, 2.45) is 11.7 Å². The van der Waals surface area contributed by atoms with Crippen molar-refractivity contribution in [3.63, 3.8) is 0 Å². The number of ether oxygens (including phenoxy) is 2. The van der Waals surface area contributed by atoms with Gasteiger partial charge in [-0.25, -0.2) is 0 Å². The second-order valence-electron chi connectivity index (χ2n) is 10.3. The highest BCUT2D eigenvalue weighted by Crippen LogP contribution is 2.44. The van der Waals surface area contributed by atoms with E-state index in [1.807, 2.05) is 16.7 Å². The molecular weight excluding hydrogens is 504 g/mol. The number of likely N-dealkylation sites (tertiary alicyclic amines) is 1. The molecule has 0 saturated carbocycles. The molecule has 3 atom stereocenters. The topological polar surface area (TPSA) is 146 Å². The average molecular weight is 549 g/mol. The Balaban J connectivity index is 1.94. The van der Waals surface area contributed by atoms with Crippen LogP contribution in [0.3, 0.4) is 0 Å². The van der Waals surface area contributed by atoms with Gasteiger partial charge in [-0.3, -0.25) is 19.3 Å². The summed E-state index contributed by atoms with van der Waals surface area (Å²) >= 11 is 0. The van der Waals surface area contributed by atoms with Gasteiger partial charge < -0.3 is 35.2 Å². The standard InChI is InChI=1S/C28H44N4O7/c1-4-6-10-31(11-7-9-29)25(35)16-32-15-22(20-13-21(17-33)27-24(14-20)38-18-39-27)26(28(36)37)23(32)8-12-30(5-2)19(3)34/h13-14,22-23,26,33H,4-12,15-18,29H2,1-3H3,(H,36,37)/t22-,23+,26-/m1/s1. The van der Waals surface area contributed by atoms with Gasteiger partial charge in [0.1, 0.15) is 0 Å². The first-order valence-electron chi connectivity index (χ1n) is 14.0. The normalized spacial score (nSPS) is 20.3. The lowest BCUT2D eigenvalue weighted by molar-refractivity contribution is -0.144. The number of carboxylic acids is 1. The van der Waals surface area contributed by atoms with E-state index in [0.29, 0.717) is 69.2 Å². The number of carbonyl (C=O) groups is 3. The predicted molar refractivity (Wildman–Crippen MR) is 145 cm³/mol. The fourth-order valence-corrected chi connectivity index (χ4v) is 5.72. The molecule has 0 spiro atoms. The van der Waals surface area contributed by atoms with Crippen LogP contribution in [-0.2, 0) is 21.0 Å². The summed E-state index contributed by atoms with van der Waals surface area (Å²) < 4.78 is 11.1. The number of rotatable bonds is 15. The summed E-state index contributed by atoms with van der Waals surface area (Å²) in [5.41, 5.74) is 6.97. The summed E-state index contributed by atoms with van der Waals surface area (Å²) in [4.78, 5) is 43.8. The third-order valence-corrected chi connectivity index (χ3v) is 7.83. The van der Waals surface area contributed by atoms with Gasteiger partial charge in [0.25, 0.3) is 0 Å². The van der Waals surface area contributed by atoms with E-state index in [1.165, 1.54) is 6.92 Å². The maximum absolute atomic E-state index is 13.5. The number of aliphatic hydroxyl groups excluding tert-OH is 1. The van der Waals surface area contributed by atoms with Crippen LogP contribution in [0.4, 0.5) is 0 Å². The molecule has 0 bridgehead atoms. The Morgan fingerprint density at radius 1 is 1.10 bits per heavy atom. The van der Waals surface area contributed by atoms with E-state index in [1.54, 1.807) is 17.0 Å². The predicted octanol–water partition coefficient (Wildman–Crippen LogP) is 1.61. The molecule has 0 aromatic heterocycles. The molecule has 0 radical (unpaired) electrons. The van der Waals surface area contributed by atoms with E-state index in [4.69, 9.17) is 15.2 Å². The molecule has 0 unspecified atom stereocenters. The third kappa shape index (κ3) is 7.40. The van der Waals surface area contributed by atoms with Gasteiger partial charge in [0.2, 0.25) is 18.6 Å². The van der Waals surface area contributed by atoms with Crippen LogP contribution in [-0.4, -0.2) is 101 Å². The highest BCUT2D eigenvalue weighted by molar-refractivity contribution is 5.79. The Kier molecular flexibility index (Phi) is 11.4. The average Bonchev–Trinajstić information content (AvgIpc) is 3.53. The van der Waals surface area contributed by atoms with Gasteiger partial charge in [0.15, 0.2) is 11.5 Å². The van der Waals surface area contributed by atoms with Crippen molar-refractivity contribution in [2.75, 3.05) is 52.6 Å². The number of hydrogen-bond donors (Lipinski definition) is 3. The number of aliphatic hydroxyl groups is 1. The van der Waals surface area contributed by atoms with Crippen molar-refractivity contribution in [1.29, 1.82) is 0 Å². The number of amides is 2. The number of aliphatic carboxylic acids is 1. The number of hydrogen-bond acceptors (Lipinski definition) is 8. The van der Waals surface area contributed by atoms with Gasteiger partial charge in [0, 0.05) is 57.2 Å². The van der Waals surface area contributed by atoms with E-state index in [0.717, 1.165) is 18.4 Å². The van der Waals surface area contributed by atoms with Crippen molar-refractivity contribution in [1.82, 2.24) is 14.7 Å². The first kappa shape index (κ1) is 30.6.